The molecule has 1 aromatic carbocycles. The lowest BCUT2D eigenvalue weighted by atomic mass is 10.1. The number of thiophene rings is 1. The molecule has 19 heavy (non-hydrogen) atoms. The van der Waals surface area contributed by atoms with Gasteiger partial charge in [-0.1, -0.05) is 22.0 Å². The molecule has 1 aromatic heterocycles. The minimum absolute atomic E-state index is 0.178. The zero-order valence-corrected chi connectivity index (χ0v) is 13.7. The third kappa shape index (κ3) is 3.65. The SMILES string of the molecule is Cc1cc(CNC(C)c2ccc(F)cc2Br)sc1C. The molecule has 0 saturated carbocycles. The first-order valence-electron chi connectivity index (χ1n) is 6.21. The lowest BCUT2D eigenvalue weighted by Gasteiger charge is -2.15. The van der Waals surface area contributed by atoms with E-state index < -0.39 is 0 Å². The van der Waals surface area contributed by atoms with Crippen LogP contribution in [0.1, 0.15) is 33.8 Å². The zero-order chi connectivity index (χ0) is 14.0. The van der Waals surface area contributed by atoms with E-state index >= 15 is 0 Å². The third-order valence-corrected chi connectivity index (χ3v) is 5.07. The fraction of sp³-hybridized carbons (Fsp3) is 0.333. The second-order valence-electron chi connectivity index (χ2n) is 4.72. The van der Waals surface area contributed by atoms with E-state index in [2.05, 4.69) is 48.1 Å². The van der Waals surface area contributed by atoms with Crippen LogP contribution in [0.15, 0.2) is 28.7 Å². The van der Waals surface area contributed by atoms with Crippen molar-refractivity contribution in [1.82, 2.24) is 5.32 Å². The van der Waals surface area contributed by atoms with Crippen molar-refractivity contribution in [2.45, 2.75) is 33.4 Å². The quantitative estimate of drug-likeness (QED) is 0.813. The molecule has 1 N–H and O–H groups in total. The van der Waals surface area contributed by atoms with E-state index in [-0.39, 0.29) is 11.9 Å². The topological polar surface area (TPSA) is 12.0 Å². The Kier molecular flexibility index (Phi) is 4.76. The third-order valence-electron chi connectivity index (χ3n) is 3.23. The number of hydrogen-bond acceptors (Lipinski definition) is 2. The Bertz CT molecular complexity index is 560. The van der Waals surface area contributed by atoms with Gasteiger partial charge >= 0.3 is 0 Å². The van der Waals surface area contributed by atoms with Gasteiger partial charge in [-0.25, -0.2) is 4.39 Å². The molecule has 0 radical (unpaired) electrons. The summed E-state index contributed by atoms with van der Waals surface area (Å²) >= 11 is 5.24. The predicted molar refractivity (Wildman–Crippen MR) is 83.1 cm³/mol. The molecule has 0 amide bonds. The second kappa shape index (κ2) is 6.16. The van der Waals surface area contributed by atoms with Crippen molar-refractivity contribution in [3.05, 3.63) is 55.4 Å². The molecule has 2 aromatic rings. The average molecular weight is 342 g/mol. The lowest BCUT2D eigenvalue weighted by molar-refractivity contribution is 0.572. The molecule has 0 aliphatic carbocycles. The van der Waals surface area contributed by atoms with Crippen LogP contribution in [0.3, 0.4) is 0 Å². The average Bonchev–Trinajstić information content (AvgIpc) is 2.66. The van der Waals surface area contributed by atoms with Crippen LogP contribution in [-0.4, -0.2) is 0 Å². The van der Waals surface area contributed by atoms with Crippen LogP contribution in [0, 0.1) is 19.7 Å². The first kappa shape index (κ1) is 14.7. The Morgan fingerprint density at radius 2 is 2.05 bits per heavy atom. The van der Waals surface area contributed by atoms with E-state index in [1.807, 2.05) is 17.4 Å². The molecule has 0 bridgehead atoms. The predicted octanol–water partition coefficient (Wildman–Crippen LogP) is 5.12. The zero-order valence-electron chi connectivity index (χ0n) is 11.3. The van der Waals surface area contributed by atoms with Gasteiger partial charge in [-0.05, 0) is 50.1 Å². The van der Waals surface area contributed by atoms with Gasteiger partial charge in [-0.15, -0.1) is 11.3 Å². The highest BCUT2D eigenvalue weighted by Crippen LogP contribution is 2.25. The summed E-state index contributed by atoms with van der Waals surface area (Å²) in [6.07, 6.45) is 0. The smallest absolute Gasteiger partial charge is 0.124 e. The molecular formula is C15H17BrFNS. The molecule has 102 valence electrons. The summed E-state index contributed by atoms with van der Waals surface area (Å²) in [4.78, 5) is 2.70. The van der Waals surface area contributed by atoms with Crippen LogP contribution in [0.4, 0.5) is 4.39 Å². The molecule has 4 heteroatoms. The monoisotopic (exact) mass is 341 g/mol. The van der Waals surface area contributed by atoms with Gasteiger partial charge in [0.15, 0.2) is 0 Å². The maximum Gasteiger partial charge on any atom is 0.124 e. The first-order valence-corrected chi connectivity index (χ1v) is 7.82. The number of halogens is 2. The number of benzene rings is 1. The fourth-order valence-electron chi connectivity index (χ4n) is 1.95. The Balaban J connectivity index is 2.03. The number of rotatable bonds is 4. The number of hydrogen-bond donors (Lipinski definition) is 1. The van der Waals surface area contributed by atoms with Crippen molar-refractivity contribution in [1.29, 1.82) is 0 Å². The van der Waals surface area contributed by atoms with Gasteiger partial charge in [0.1, 0.15) is 5.82 Å². The van der Waals surface area contributed by atoms with E-state index in [1.54, 1.807) is 0 Å². The highest BCUT2D eigenvalue weighted by molar-refractivity contribution is 9.10. The molecule has 1 nitrogen and oxygen atoms in total. The largest absolute Gasteiger partial charge is 0.305 e. The summed E-state index contributed by atoms with van der Waals surface area (Å²) in [6.45, 7) is 7.20. The van der Waals surface area contributed by atoms with Crippen molar-refractivity contribution in [2.75, 3.05) is 0 Å². The van der Waals surface area contributed by atoms with Crippen LogP contribution in [0.2, 0.25) is 0 Å². The number of nitrogens with one attached hydrogen (secondary N) is 1. The van der Waals surface area contributed by atoms with Crippen LogP contribution in [-0.2, 0) is 6.54 Å². The lowest BCUT2D eigenvalue weighted by Crippen LogP contribution is -2.17. The highest BCUT2D eigenvalue weighted by atomic mass is 79.9. The normalized spacial score (nSPS) is 12.7. The Morgan fingerprint density at radius 1 is 1.32 bits per heavy atom. The molecule has 0 aliphatic rings. The van der Waals surface area contributed by atoms with Crippen LogP contribution in [0.25, 0.3) is 0 Å². The summed E-state index contributed by atoms with van der Waals surface area (Å²) in [5, 5.41) is 3.47. The molecule has 1 heterocycles. The standard InChI is InChI=1S/C15H17BrFNS/c1-9-6-13(19-11(9)3)8-18-10(2)14-5-4-12(17)7-15(14)16/h4-7,10,18H,8H2,1-3H3. The van der Waals surface area contributed by atoms with E-state index in [0.717, 1.165) is 16.6 Å². The second-order valence-corrected chi connectivity index (χ2v) is 6.92. The van der Waals surface area contributed by atoms with E-state index in [0.29, 0.717) is 0 Å². The van der Waals surface area contributed by atoms with Crippen LogP contribution < -0.4 is 5.32 Å². The summed E-state index contributed by atoms with van der Waals surface area (Å²) in [5.41, 5.74) is 2.42. The minimum Gasteiger partial charge on any atom is -0.305 e. The minimum atomic E-state index is -0.215. The van der Waals surface area contributed by atoms with Gasteiger partial charge in [0.25, 0.3) is 0 Å². The van der Waals surface area contributed by atoms with Gasteiger partial charge < -0.3 is 5.32 Å². The van der Waals surface area contributed by atoms with Gasteiger partial charge in [-0.3, -0.25) is 0 Å². The Hall–Kier alpha value is -0.710. The Labute approximate surface area is 126 Å². The van der Waals surface area contributed by atoms with Crippen molar-refractivity contribution < 1.29 is 4.39 Å². The van der Waals surface area contributed by atoms with Gasteiger partial charge in [0, 0.05) is 26.8 Å². The summed E-state index contributed by atoms with van der Waals surface area (Å²) in [5.74, 6) is -0.215. The van der Waals surface area contributed by atoms with Crippen molar-refractivity contribution >= 4 is 27.3 Å². The molecule has 1 unspecified atom stereocenters. The Morgan fingerprint density at radius 3 is 2.63 bits per heavy atom. The summed E-state index contributed by atoms with van der Waals surface area (Å²) < 4.78 is 13.9. The van der Waals surface area contributed by atoms with Gasteiger partial charge in [-0.2, -0.15) is 0 Å². The molecule has 1 atom stereocenters. The molecule has 0 aliphatic heterocycles. The van der Waals surface area contributed by atoms with E-state index in [4.69, 9.17) is 0 Å². The molecule has 0 saturated heterocycles. The van der Waals surface area contributed by atoms with Crippen molar-refractivity contribution in [2.24, 2.45) is 0 Å². The highest BCUT2D eigenvalue weighted by Gasteiger charge is 2.10. The van der Waals surface area contributed by atoms with E-state index in [1.165, 1.54) is 27.5 Å². The van der Waals surface area contributed by atoms with E-state index in [9.17, 15) is 4.39 Å². The van der Waals surface area contributed by atoms with Crippen LogP contribution >= 0.6 is 27.3 Å². The maximum atomic E-state index is 13.1. The van der Waals surface area contributed by atoms with Gasteiger partial charge in [0.2, 0.25) is 0 Å². The van der Waals surface area contributed by atoms with Gasteiger partial charge in [0.05, 0.1) is 0 Å². The summed E-state index contributed by atoms with van der Waals surface area (Å²) in [6, 6.07) is 7.23. The van der Waals surface area contributed by atoms with Crippen LogP contribution in [0.5, 0.6) is 0 Å². The number of aryl methyl sites for hydroxylation is 2. The maximum absolute atomic E-state index is 13.1. The molecule has 0 fully saturated rings. The van der Waals surface area contributed by atoms with Crippen molar-refractivity contribution in [3.63, 3.8) is 0 Å². The van der Waals surface area contributed by atoms with Crippen molar-refractivity contribution in [3.8, 4) is 0 Å². The molecular weight excluding hydrogens is 325 g/mol. The molecule has 0 spiro atoms. The summed E-state index contributed by atoms with van der Waals surface area (Å²) in [7, 11) is 0. The fourth-order valence-corrected chi connectivity index (χ4v) is 3.65. The first-order chi connectivity index (χ1) is 8.97. The molecule has 2 rings (SSSR count).